The van der Waals surface area contributed by atoms with Gasteiger partial charge >= 0.3 is 24.5 Å². The summed E-state index contributed by atoms with van der Waals surface area (Å²) < 4.78 is 108. The number of ether oxygens (including phenoxy) is 1. The first-order valence-electron chi connectivity index (χ1n) is 3.05. The van der Waals surface area contributed by atoms with Crippen LogP contribution in [0.2, 0.25) is 0 Å². The fraction of sp³-hybridized carbons (Fsp3) is 1.00. The Morgan fingerprint density at radius 1 is 0.750 bits per heavy atom. The van der Waals surface area contributed by atoms with Crippen LogP contribution in [0, 0.1) is 0 Å². The first-order chi connectivity index (χ1) is 6.77. The standard InChI is InChI=1S/C4H2F9NO2/c5-1(2(6,7)8,3(9,10)16-14)15-4(11,12)13/h14H2. The van der Waals surface area contributed by atoms with Crippen molar-refractivity contribution in [1.82, 2.24) is 0 Å². The Bertz CT molecular complexity index is 247. The zero-order valence-corrected chi connectivity index (χ0v) is 6.80. The summed E-state index contributed by atoms with van der Waals surface area (Å²) in [5.74, 6) is -2.87. The van der Waals surface area contributed by atoms with Crippen LogP contribution in [0.4, 0.5) is 39.5 Å². The molecule has 0 aromatic rings. The minimum atomic E-state index is -6.72. The van der Waals surface area contributed by atoms with Gasteiger partial charge in [-0.3, -0.25) is 0 Å². The fourth-order valence-electron chi connectivity index (χ4n) is 0.518. The van der Waals surface area contributed by atoms with Gasteiger partial charge in [0.05, 0.1) is 0 Å². The van der Waals surface area contributed by atoms with E-state index in [1.165, 1.54) is 0 Å². The predicted molar refractivity (Wildman–Crippen MR) is 27.3 cm³/mol. The molecule has 0 saturated carbocycles. The molecule has 1 atom stereocenters. The Labute approximate surface area is 80.8 Å². The van der Waals surface area contributed by atoms with Crippen LogP contribution in [0.15, 0.2) is 0 Å². The molecule has 16 heavy (non-hydrogen) atoms. The minimum Gasteiger partial charge on any atom is -0.238 e. The molecule has 0 aliphatic heterocycles. The van der Waals surface area contributed by atoms with Crippen LogP contribution in [0.3, 0.4) is 0 Å². The highest BCUT2D eigenvalue weighted by atomic mass is 19.4. The van der Waals surface area contributed by atoms with Crippen LogP contribution in [0.5, 0.6) is 0 Å². The molecular weight excluding hydrogens is 265 g/mol. The van der Waals surface area contributed by atoms with Crippen molar-refractivity contribution in [3.05, 3.63) is 0 Å². The highest BCUT2D eigenvalue weighted by Crippen LogP contribution is 2.48. The lowest BCUT2D eigenvalue weighted by atomic mass is 10.3. The van der Waals surface area contributed by atoms with Gasteiger partial charge in [0.1, 0.15) is 0 Å². The van der Waals surface area contributed by atoms with Crippen LogP contribution in [-0.2, 0) is 9.57 Å². The molecule has 0 fully saturated rings. The van der Waals surface area contributed by atoms with E-state index in [9.17, 15) is 39.5 Å². The monoisotopic (exact) mass is 267 g/mol. The molecule has 0 aliphatic carbocycles. The summed E-state index contributed by atoms with van der Waals surface area (Å²) in [6.45, 7) is 0. The van der Waals surface area contributed by atoms with Gasteiger partial charge in [-0.25, -0.2) is 15.5 Å². The molecule has 3 nitrogen and oxygen atoms in total. The second-order valence-electron chi connectivity index (χ2n) is 2.28. The fourth-order valence-corrected chi connectivity index (χ4v) is 0.518. The Balaban J connectivity index is 5.39. The van der Waals surface area contributed by atoms with Crippen LogP contribution >= 0.6 is 0 Å². The van der Waals surface area contributed by atoms with Crippen molar-refractivity contribution in [2.75, 3.05) is 0 Å². The van der Waals surface area contributed by atoms with Gasteiger partial charge in [0.2, 0.25) is 0 Å². The number of alkyl halides is 9. The highest BCUT2D eigenvalue weighted by molar-refractivity contribution is 4.86. The van der Waals surface area contributed by atoms with E-state index in [1.807, 2.05) is 0 Å². The van der Waals surface area contributed by atoms with E-state index >= 15 is 0 Å². The van der Waals surface area contributed by atoms with Gasteiger partial charge in [-0.2, -0.15) is 26.3 Å². The third-order valence-corrected chi connectivity index (χ3v) is 1.14. The zero-order valence-electron chi connectivity index (χ0n) is 6.80. The van der Waals surface area contributed by atoms with Gasteiger partial charge < -0.3 is 0 Å². The Morgan fingerprint density at radius 3 is 1.31 bits per heavy atom. The SMILES string of the molecule is NOC(F)(F)C(F)(OC(F)(F)F)C(F)(F)F. The molecule has 0 spiro atoms. The number of nitrogens with two attached hydrogens (primary N) is 1. The van der Waals surface area contributed by atoms with E-state index < -0.39 is 24.5 Å². The quantitative estimate of drug-likeness (QED) is 0.630. The van der Waals surface area contributed by atoms with Gasteiger partial charge in [-0.05, 0) is 0 Å². The van der Waals surface area contributed by atoms with Crippen molar-refractivity contribution in [2.24, 2.45) is 5.90 Å². The summed E-state index contributed by atoms with van der Waals surface area (Å²) in [5, 5.41) is 0. The topological polar surface area (TPSA) is 44.5 Å². The molecule has 1 unspecified atom stereocenters. The van der Waals surface area contributed by atoms with Crippen molar-refractivity contribution in [3.8, 4) is 0 Å². The van der Waals surface area contributed by atoms with E-state index in [0.29, 0.717) is 0 Å². The van der Waals surface area contributed by atoms with E-state index in [4.69, 9.17) is 0 Å². The summed E-state index contributed by atoms with van der Waals surface area (Å²) in [5.41, 5.74) is 0. The lowest BCUT2D eigenvalue weighted by Crippen LogP contribution is -2.61. The first kappa shape index (κ1) is 15.2. The maximum atomic E-state index is 12.6. The molecule has 0 saturated heterocycles. The van der Waals surface area contributed by atoms with Gasteiger partial charge in [0.25, 0.3) is 0 Å². The lowest BCUT2D eigenvalue weighted by molar-refractivity contribution is -0.520. The summed E-state index contributed by atoms with van der Waals surface area (Å²) in [6, 6.07) is 0. The van der Waals surface area contributed by atoms with Gasteiger partial charge in [-0.1, -0.05) is 0 Å². The third-order valence-electron chi connectivity index (χ3n) is 1.14. The Morgan fingerprint density at radius 2 is 1.12 bits per heavy atom. The molecule has 0 rings (SSSR count). The summed E-state index contributed by atoms with van der Waals surface area (Å²) in [6.07, 6.45) is -19.1. The van der Waals surface area contributed by atoms with E-state index in [1.54, 1.807) is 4.74 Å². The second-order valence-corrected chi connectivity index (χ2v) is 2.28. The maximum Gasteiger partial charge on any atom is 0.525 e. The van der Waals surface area contributed by atoms with Crippen molar-refractivity contribution in [1.29, 1.82) is 0 Å². The molecule has 0 heterocycles. The third kappa shape index (κ3) is 2.89. The average molecular weight is 267 g/mol. The number of rotatable bonds is 3. The van der Waals surface area contributed by atoms with Gasteiger partial charge in [0.15, 0.2) is 0 Å². The van der Waals surface area contributed by atoms with E-state index in [0.717, 1.165) is 0 Å². The van der Waals surface area contributed by atoms with E-state index in [2.05, 4.69) is 10.7 Å². The molecule has 0 amide bonds. The van der Waals surface area contributed by atoms with Gasteiger partial charge in [0, 0.05) is 0 Å². The van der Waals surface area contributed by atoms with Crippen molar-refractivity contribution in [3.63, 3.8) is 0 Å². The normalized spacial score (nSPS) is 18.4. The molecule has 2 N–H and O–H groups in total. The molecular formula is C4H2F9NO2. The van der Waals surface area contributed by atoms with Gasteiger partial charge in [-0.15, -0.1) is 13.2 Å². The van der Waals surface area contributed by atoms with Crippen LogP contribution in [-0.4, -0.2) is 24.5 Å². The zero-order chi connectivity index (χ0) is 13.4. The summed E-state index contributed by atoms with van der Waals surface area (Å²) in [7, 11) is 0. The highest BCUT2D eigenvalue weighted by Gasteiger charge is 2.77. The lowest BCUT2D eigenvalue weighted by Gasteiger charge is -2.32. The number of hydrogen-bond donors (Lipinski definition) is 1. The van der Waals surface area contributed by atoms with Crippen LogP contribution in [0.25, 0.3) is 0 Å². The Kier molecular flexibility index (Phi) is 3.74. The minimum absolute atomic E-state index is 1.70. The van der Waals surface area contributed by atoms with Crippen molar-refractivity contribution < 1.29 is 49.1 Å². The largest absolute Gasteiger partial charge is 0.525 e. The predicted octanol–water partition coefficient (Wildman–Crippen LogP) is 2.23. The van der Waals surface area contributed by atoms with Crippen molar-refractivity contribution >= 4 is 0 Å². The number of halogens is 9. The van der Waals surface area contributed by atoms with Crippen LogP contribution < -0.4 is 5.90 Å². The number of hydrogen-bond acceptors (Lipinski definition) is 3. The molecule has 0 aliphatic rings. The molecule has 0 aromatic carbocycles. The van der Waals surface area contributed by atoms with E-state index in [-0.39, 0.29) is 0 Å². The Hall–Kier alpha value is -0.750. The first-order valence-corrected chi connectivity index (χ1v) is 3.05. The summed E-state index contributed by atoms with van der Waals surface area (Å²) in [4.78, 5) is 2.22. The smallest absolute Gasteiger partial charge is 0.238 e. The van der Waals surface area contributed by atoms with Crippen molar-refractivity contribution in [2.45, 2.75) is 24.5 Å². The average Bonchev–Trinajstić information content (AvgIpc) is 1.98. The van der Waals surface area contributed by atoms with Crippen LogP contribution in [0.1, 0.15) is 0 Å². The summed E-state index contributed by atoms with van der Waals surface area (Å²) >= 11 is 0. The molecule has 12 heteroatoms. The molecule has 0 aromatic heterocycles. The molecule has 0 bridgehead atoms. The molecule has 98 valence electrons. The second kappa shape index (κ2) is 3.92. The molecule has 0 radical (unpaired) electrons. The maximum absolute atomic E-state index is 12.6.